The van der Waals surface area contributed by atoms with E-state index in [1.165, 1.54) is 0 Å². The minimum Gasteiger partial charge on any atom is -0.368 e. The number of hydrogen-bond donors (Lipinski definition) is 0. The standard InChI is InChI=1S/C16H18Cl2N2O3/c17-12-8-11(9-13(18)10-12)15(21)19-3-5-20(6-4-19)16(22)14-2-1-7-23-14/h8-10,14H,1-7H2. The molecule has 1 aromatic rings. The van der Waals surface area contributed by atoms with Crippen LogP contribution in [0, 0.1) is 0 Å². The molecule has 7 heteroatoms. The van der Waals surface area contributed by atoms with Gasteiger partial charge in [0.15, 0.2) is 0 Å². The molecular weight excluding hydrogens is 339 g/mol. The van der Waals surface area contributed by atoms with E-state index < -0.39 is 0 Å². The van der Waals surface area contributed by atoms with E-state index in [-0.39, 0.29) is 17.9 Å². The maximum atomic E-state index is 12.5. The predicted octanol–water partition coefficient (Wildman–Crippen LogP) is 2.46. The fourth-order valence-corrected chi connectivity index (χ4v) is 3.49. The first-order valence-electron chi connectivity index (χ1n) is 7.70. The number of rotatable bonds is 2. The summed E-state index contributed by atoms with van der Waals surface area (Å²) in [6.07, 6.45) is 1.42. The Morgan fingerprint density at radius 2 is 1.61 bits per heavy atom. The molecule has 2 amide bonds. The Labute approximate surface area is 145 Å². The van der Waals surface area contributed by atoms with Crippen molar-refractivity contribution < 1.29 is 14.3 Å². The Kier molecular flexibility index (Phi) is 5.09. The van der Waals surface area contributed by atoms with Crippen LogP contribution < -0.4 is 0 Å². The van der Waals surface area contributed by atoms with Gasteiger partial charge in [0.05, 0.1) is 0 Å². The number of piperazine rings is 1. The molecule has 2 saturated heterocycles. The minimum atomic E-state index is -0.302. The molecule has 1 unspecified atom stereocenters. The van der Waals surface area contributed by atoms with Gasteiger partial charge in [-0.15, -0.1) is 0 Å². The molecule has 124 valence electrons. The monoisotopic (exact) mass is 356 g/mol. The van der Waals surface area contributed by atoms with Crippen LogP contribution in [0.25, 0.3) is 0 Å². The highest BCUT2D eigenvalue weighted by Crippen LogP contribution is 2.21. The van der Waals surface area contributed by atoms with Gasteiger partial charge in [0.2, 0.25) is 0 Å². The largest absolute Gasteiger partial charge is 0.368 e. The first-order valence-corrected chi connectivity index (χ1v) is 8.46. The van der Waals surface area contributed by atoms with Crippen LogP contribution in [0.1, 0.15) is 23.2 Å². The number of halogens is 2. The lowest BCUT2D eigenvalue weighted by Crippen LogP contribution is -2.52. The highest BCUT2D eigenvalue weighted by molar-refractivity contribution is 6.35. The normalized spacial score (nSPS) is 21.6. The van der Waals surface area contributed by atoms with Crippen molar-refractivity contribution in [1.29, 1.82) is 0 Å². The van der Waals surface area contributed by atoms with E-state index in [1.807, 2.05) is 0 Å². The fourth-order valence-electron chi connectivity index (χ4n) is 2.97. The van der Waals surface area contributed by atoms with Crippen molar-refractivity contribution in [1.82, 2.24) is 9.80 Å². The van der Waals surface area contributed by atoms with E-state index in [0.29, 0.717) is 48.4 Å². The third kappa shape index (κ3) is 3.79. The first-order chi connectivity index (χ1) is 11.0. The number of ether oxygens (including phenoxy) is 1. The molecule has 1 atom stereocenters. The SMILES string of the molecule is O=C(c1cc(Cl)cc(Cl)c1)N1CCN(C(=O)C2CCCO2)CC1. The number of benzene rings is 1. The van der Waals surface area contributed by atoms with Crippen LogP contribution >= 0.6 is 23.2 Å². The van der Waals surface area contributed by atoms with Crippen LogP contribution in [0.15, 0.2) is 18.2 Å². The molecular formula is C16H18Cl2N2O3. The van der Waals surface area contributed by atoms with Gasteiger partial charge in [-0.2, -0.15) is 0 Å². The zero-order valence-corrected chi connectivity index (χ0v) is 14.1. The van der Waals surface area contributed by atoms with Crippen molar-refractivity contribution in [3.8, 4) is 0 Å². The summed E-state index contributed by atoms with van der Waals surface area (Å²) >= 11 is 11.9. The molecule has 23 heavy (non-hydrogen) atoms. The first kappa shape index (κ1) is 16.6. The van der Waals surface area contributed by atoms with Gasteiger partial charge in [0.25, 0.3) is 11.8 Å². The lowest BCUT2D eigenvalue weighted by molar-refractivity contribution is -0.142. The Balaban J connectivity index is 1.59. The number of amides is 2. The predicted molar refractivity (Wildman–Crippen MR) is 87.9 cm³/mol. The molecule has 0 N–H and O–H groups in total. The van der Waals surface area contributed by atoms with Crippen LogP contribution in [0.3, 0.4) is 0 Å². The van der Waals surface area contributed by atoms with Crippen molar-refractivity contribution >= 4 is 35.0 Å². The second-order valence-electron chi connectivity index (χ2n) is 5.78. The smallest absolute Gasteiger partial charge is 0.254 e. The summed E-state index contributed by atoms with van der Waals surface area (Å²) in [5.41, 5.74) is 0.474. The highest BCUT2D eigenvalue weighted by Gasteiger charge is 2.31. The zero-order chi connectivity index (χ0) is 16.4. The van der Waals surface area contributed by atoms with Crippen LogP contribution in [0.4, 0.5) is 0 Å². The van der Waals surface area contributed by atoms with Gasteiger partial charge < -0.3 is 14.5 Å². The fraction of sp³-hybridized carbons (Fsp3) is 0.500. The van der Waals surface area contributed by atoms with Crippen molar-refractivity contribution in [2.75, 3.05) is 32.8 Å². The third-order valence-electron chi connectivity index (χ3n) is 4.19. The summed E-state index contributed by atoms with van der Waals surface area (Å²) in [5.74, 6) is -0.0704. The molecule has 0 spiro atoms. The molecule has 0 saturated carbocycles. The van der Waals surface area contributed by atoms with Crippen molar-refractivity contribution in [3.05, 3.63) is 33.8 Å². The van der Waals surface area contributed by atoms with Gasteiger partial charge in [0.1, 0.15) is 6.10 Å². The second kappa shape index (κ2) is 7.07. The molecule has 3 rings (SSSR count). The van der Waals surface area contributed by atoms with E-state index in [4.69, 9.17) is 27.9 Å². The van der Waals surface area contributed by atoms with Crippen LogP contribution in [0.5, 0.6) is 0 Å². The van der Waals surface area contributed by atoms with Crippen molar-refractivity contribution in [2.24, 2.45) is 0 Å². The molecule has 0 radical (unpaired) electrons. The second-order valence-corrected chi connectivity index (χ2v) is 6.65. The van der Waals surface area contributed by atoms with Crippen molar-refractivity contribution in [2.45, 2.75) is 18.9 Å². The molecule has 2 heterocycles. The molecule has 2 fully saturated rings. The summed E-state index contributed by atoms with van der Waals surface area (Å²) in [7, 11) is 0. The summed E-state index contributed by atoms with van der Waals surface area (Å²) in [6.45, 7) is 2.71. The van der Waals surface area contributed by atoms with Crippen LogP contribution in [-0.4, -0.2) is 60.5 Å². The summed E-state index contributed by atoms with van der Waals surface area (Å²) in [5, 5.41) is 0.876. The molecule has 0 bridgehead atoms. The number of nitrogens with zero attached hydrogens (tertiary/aromatic N) is 2. The van der Waals surface area contributed by atoms with E-state index in [1.54, 1.807) is 28.0 Å². The summed E-state index contributed by atoms with van der Waals surface area (Å²) < 4.78 is 5.44. The van der Waals surface area contributed by atoms with E-state index in [9.17, 15) is 9.59 Å². The number of carbonyl (C=O) groups excluding carboxylic acids is 2. The molecule has 0 aromatic heterocycles. The van der Waals surface area contributed by atoms with Gasteiger partial charge >= 0.3 is 0 Å². The van der Waals surface area contributed by atoms with Crippen LogP contribution in [-0.2, 0) is 9.53 Å². The molecule has 2 aliphatic rings. The molecule has 0 aliphatic carbocycles. The number of carbonyl (C=O) groups is 2. The Hall–Kier alpha value is -1.30. The van der Waals surface area contributed by atoms with Gasteiger partial charge in [-0.25, -0.2) is 0 Å². The maximum absolute atomic E-state index is 12.5. The van der Waals surface area contributed by atoms with Gasteiger partial charge in [-0.05, 0) is 31.0 Å². The molecule has 1 aromatic carbocycles. The van der Waals surface area contributed by atoms with E-state index in [0.717, 1.165) is 12.8 Å². The number of hydrogen-bond acceptors (Lipinski definition) is 3. The average Bonchev–Trinajstić information content (AvgIpc) is 3.07. The molecule has 5 nitrogen and oxygen atoms in total. The Morgan fingerprint density at radius 3 is 2.17 bits per heavy atom. The Bertz CT molecular complexity index is 589. The third-order valence-corrected chi connectivity index (χ3v) is 4.63. The highest BCUT2D eigenvalue weighted by atomic mass is 35.5. The summed E-state index contributed by atoms with van der Waals surface area (Å²) in [6, 6.07) is 4.82. The van der Waals surface area contributed by atoms with E-state index >= 15 is 0 Å². The lowest BCUT2D eigenvalue weighted by Gasteiger charge is -2.35. The zero-order valence-electron chi connectivity index (χ0n) is 12.6. The van der Waals surface area contributed by atoms with Gasteiger partial charge in [-0.3, -0.25) is 9.59 Å². The molecule has 2 aliphatic heterocycles. The lowest BCUT2D eigenvalue weighted by atomic mass is 10.1. The summed E-state index contributed by atoms with van der Waals surface area (Å²) in [4.78, 5) is 28.3. The topological polar surface area (TPSA) is 49.9 Å². The maximum Gasteiger partial charge on any atom is 0.254 e. The van der Waals surface area contributed by atoms with Gasteiger partial charge in [-0.1, -0.05) is 23.2 Å². The quantitative estimate of drug-likeness (QED) is 0.817. The average molecular weight is 357 g/mol. The van der Waals surface area contributed by atoms with Crippen molar-refractivity contribution in [3.63, 3.8) is 0 Å². The van der Waals surface area contributed by atoms with Crippen LogP contribution in [0.2, 0.25) is 10.0 Å². The van der Waals surface area contributed by atoms with Gasteiger partial charge in [0, 0.05) is 48.4 Å². The van der Waals surface area contributed by atoms with E-state index in [2.05, 4.69) is 0 Å². The Morgan fingerprint density at radius 1 is 1.00 bits per heavy atom. The minimum absolute atomic E-state index is 0.0420.